The van der Waals surface area contributed by atoms with E-state index in [4.69, 9.17) is 15.3 Å². The lowest BCUT2D eigenvalue weighted by Crippen LogP contribution is -2.51. The molecule has 3 aromatic rings. The number of nitrogens with one attached hydrogen (secondary N) is 6. The van der Waals surface area contributed by atoms with Crippen LogP contribution in [0.25, 0.3) is 11.2 Å². The fourth-order valence-electron chi connectivity index (χ4n) is 4.81. The van der Waals surface area contributed by atoms with Crippen LogP contribution in [-0.4, -0.2) is 102 Å². The number of rotatable bonds is 21. The molecule has 2 aromatic heterocycles. The number of nitrogens with zero attached hydrogens (tertiary/aromatic N) is 5. The molecule has 0 aliphatic heterocycles. The number of aromatic amines is 1. The van der Waals surface area contributed by atoms with Gasteiger partial charge in [-0.3, -0.25) is 24.5 Å². The highest BCUT2D eigenvalue weighted by Crippen LogP contribution is 2.13. The highest BCUT2D eigenvalue weighted by atomic mass is 17.1. The minimum atomic E-state index is -0.942. The van der Waals surface area contributed by atoms with Crippen molar-refractivity contribution in [3.63, 3.8) is 0 Å². The van der Waals surface area contributed by atoms with E-state index in [9.17, 15) is 19.6 Å². The van der Waals surface area contributed by atoms with Crippen molar-refractivity contribution < 1.29 is 35.0 Å². The smallest absolute Gasteiger partial charge is 0.279 e. The summed E-state index contributed by atoms with van der Waals surface area (Å²) >= 11 is 0. The highest BCUT2D eigenvalue weighted by Gasteiger charge is 2.27. The average Bonchev–Trinajstić information content (AvgIpc) is 3.11. The van der Waals surface area contributed by atoms with E-state index in [0.29, 0.717) is 40.7 Å². The van der Waals surface area contributed by atoms with Gasteiger partial charge in [0, 0.05) is 30.8 Å². The van der Waals surface area contributed by atoms with Gasteiger partial charge in [0.2, 0.25) is 5.91 Å². The van der Waals surface area contributed by atoms with Gasteiger partial charge in [-0.1, -0.05) is 10.3 Å². The Balaban J connectivity index is 1.51. The summed E-state index contributed by atoms with van der Waals surface area (Å²) in [6.45, 7) is 11.5. The summed E-state index contributed by atoms with van der Waals surface area (Å²) < 4.78 is 0. The third kappa shape index (κ3) is 12.3. The third-order valence-corrected chi connectivity index (χ3v) is 8.21. The molecule has 3 rings (SSSR count). The van der Waals surface area contributed by atoms with Gasteiger partial charge in [-0.05, 0) is 78.6 Å². The van der Waals surface area contributed by atoms with Crippen LogP contribution in [0.15, 0.2) is 45.6 Å². The number of hydrogen-bond acceptors (Lipinski definition) is 16. The molecule has 0 saturated carbocycles. The maximum absolute atomic E-state index is 13.2. The Kier molecular flexibility index (Phi) is 15.5. The molecule has 9 N–H and O–H groups in total. The minimum absolute atomic E-state index is 0.0291. The Morgan fingerprint density at radius 1 is 1.02 bits per heavy atom. The monoisotopic (exact) mass is 727 g/mol. The van der Waals surface area contributed by atoms with Gasteiger partial charge in [0.05, 0.1) is 54.2 Å². The highest BCUT2D eigenvalue weighted by molar-refractivity contribution is 5.98. The Labute approximate surface area is 300 Å². The zero-order valence-corrected chi connectivity index (χ0v) is 30.2. The number of carbonyl (C=O) groups excluding carboxylic acids is 2. The molecule has 0 saturated heterocycles. The predicted molar refractivity (Wildman–Crippen MR) is 193 cm³/mol. The summed E-state index contributed by atoms with van der Waals surface area (Å²) in [5.41, 5.74) is 3.75. The van der Waals surface area contributed by atoms with E-state index < -0.39 is 28.9 Å². The number of carbonyl (C=O) groups is 2. The van der Waals surface area contributed by atoms with E-state index in [2.05, 4.69) is 61.9 Å². The van der Waals surface area contributed by atoms with Crippen LogP contribution in [0.2, 0.25) is 0 Å². The quantitative estimate of drug-likeness (QED) is 0.0249. The zero-order valence-electron chi connectivity index (χ0n) is 30.2. The molecule has 0 spiro atoms. The maximum atomic E-state index is 13.2. The van der Waals surface area contributed by atoms with Crippen molar-refractivity contribution in [2.75, 3.05) is 31.6 Å². The Morgan fingerprint density at radius 2 is 1.75 bits per heavy atom. The van der Waals surface area contributed by atoms with Crippen LogP contribution in [0, 0.1) is 6.92 Å². The van der Waals surface area contributed by atoms with Crippen LogP contribution in [-0.2, 0) is 21.1 Å². The van der Waals surface area contributed by atoms with Crippen LogP contribution in [0.4, 0.5) is 5.69 Å². The fraction of sp³-hybridized carbons (Fsp3) is 0.515. The van der Waals surface area contributed by atoms with Gasteiger partial charge in [0.15, 0.2) is 11.2 Å². The SMILES string of the molecule is C/C(=N/O)C(C)(C)NOCCNC(C)(C)/C(CCNC(=O)C(CCCOO)NC(=O)c1ccc(NCc2cnc3nc(C)[nH]c(=O)c3n2)cc1)=N\O. The number of aromatic nitrogens is 4. The van der Waals surface area contributed by atoms with Crippen LogP contribution in [0.5, 0.6) is 0 Å². The molecule has 1 aromatic carbocycles. The average molecular weight is 728 g/mol. The van der Waals surface area contributed by atoms with Crippen molar-refractivity contribution in [3.05, 3.63) is 57.9 Å². The Morgan fingerprint density at radius 3 is 2.42 bits per heavy atom. The first-order valence-electron chi connectivity index (χ1n) is 16.7. The molecule has 2 amide bonds. The Hall–Kier alpha value is -5.08. The second-order valence-electron chi connectivity index (χ2n) is 13.0. The van der Waals surface area contributed by atoms with E-state index in [1.807, 2.05) is 13.8 Å². The molecular weight excluding hydrogens is 678 g/mol. The van der Waals surface area contributed by atoms with Gasteiger partial charge in [0.25, 0.3) is 11.5 Å². The van der Waals surface area contributed by atoms with E-state index in [1.54, 1.807) is 52.0 Å². The van der Waals surface area contributed by atoms with Gasteiger partial charge in [-0.25, -0.2) is 19.8 Å². The summed E-state index contributed by atoms with van der Waals surface area (Å²) in [6, 6.07) is 5.63. The van der Waals surface area contributed by atoms with Gasteiger partial charge in [-0.2, -0.15) is 5.48 Å². The number of fused-ring (bicyclic) bond motifs is 1. The van der Waals surface area contributed by atoms with Crippen molar-refractivity contribution in [1.82, 2.24) is 41.4 Å². The number of amides is 2. The lowest BCUT2D eigenvalue weighted by atomic mass is 9.95. The van der Waals surface area contributed by atoms with Gasteiger partial charge in [0.1, 0.15) is 11.9 Å². The molecule has 2 heterocycles. The molecule has 1 atom stereocenters. The van der Waals surface area contributed by atoms with E-state index in [-0.39, 0.29) is 62.3 Å². The molecule has 0 bridgehead atoms. The second-order valence-corrected chi connectivity index (χ2v) is 13.0. The first-order chi connectivity index (χ1) is 24.7. The van der Waals surface area contributed by atoms with Crippen molar-refractivity contribution in [2.45, 2.75) is 84.5 Å². The molecule has 19 heteroatoms. The lowest BCUT2D eigenvalue weighted by Gasteiger charge is -2.28. The topological polar surface area (TPSA) is 270 Å². The molecule has 0 radical (unpaired) electrons. The second kappa shape index (κ2) is 19.5. The standard InChI is InChI=1S/C33H49N11O8/c1-20(42-48)32(3,4)44-51-17-15-37-33(5,6)26(43-49)13-14-34-30(46)25(8-7-16-52-50)41-29(45)22-9-11-23(12-10-22)35-18-24-19-36-28-27(40-24)31(47)39-21(2)38-28/h9-12,19,25,35,37,44,48-50H,7-8,13-18H2,1-6H3,(H,34,46)(H,41,45)(H,36,38,39,47)/b42-20-,43-26-. The van der Waals surface area contributed by atoms with Gasteiger partial charge in [-0.15, -0.1) is 0 Å². The molecule has 1 unspecified atom stereocenters. The van der Waals surface area contributed by atoms with E-state index >= 15 is 0 Å². The normalized spacial score (nSPS) is 13.2. The molecular formula is C33H49N11O8. The summed E-state index contributed by atoms with van der Waals surface area (Å²) in [7, 11) is 0. The zero-order chi connectivity index (χ0) is 38.3. The fourth-order valence-corrected chi connectivity index (χ4v) is 4.81. The van der Waals surface area contributed by atoms with E-state index in [1.165, 1.54) is 6.20 Å². The molecule has 52 heavy (non-hydrogen) atoms. The lowest BCUT2D eigenvalue weighted by molar-refractivity contribution is -0.242. The van der Waals surface area contributed by atoms with Crippen molar-refractivity contribution in [2.24, 2.45) is 10.3 Å². The Bertz CT molecular complexity index is 1760. The van der Waals surface area contributed by atoms with Gasteiger partial charge >= 0.3 is 0 Å². The number of H-pyrrole nitrogens is 1. The largest absolute Gasteiger partial charge is 0.411 e. The summed E-state index contributed by atoms with van der Waals surface area (Å²) in [6.07, 6.45) is 2.21. The van der Waals surface area contributed by atoms with Crippen LogP contribution < -0.4 is 32.3 Å². The van der Waals surface area contributed by atoms with Crippen molar-refractivity contribution >= 4 is 40.1 Å². The molecule has 0 aliphatic rings. The van der Waals surface area contributed by atoms with Crippen LogP contribution in [0.1, 0.15) is 75.8 Å². The number of aryl methyl sites for hydroxylation is 1. The molecule has 284 valence electrons. The first-order valence-corrected chi connectivity index (χ1v) is 16.7. The maximum Gasteiger partial charge on any atom is 0.279 e. The number of hydroxylamine groups is 1. The van der Waals surface area contributed by atoms with Crippen molar-refractivity contribution in [3.8, 4) is 0 Å². The predicted octanol–water partition coefficient (Wildman–Crippen LogP) is 1.86. The summed E-state index contributed by atoms with van der Waals surface area (Å²) in [4.78, 5) is 63.5. The van der Waals surface area contributed by atoms with E-state index in [0.717, 1.165) is 0 Å². The first kappa shape index (κ1) is 41.3. The molecule has 19 nitrogen and oxygen atoms in total. The summed E-state index contributed by atoms with van der Waals surface area (Å²) in [5, 5.41) is 46.0. The molecule has 0 aliphatic carbocycles. The van der Waals surface area contributed by atoms with Crippen LogP contribution in [0.3, 0.4) is 0 Å². The number of anilines is 1. The van der Waals surface area contributed by atoms with Crippen molar-refractivity contribution in [1.29, 1.82) is 0 Å². The summed E-state index contributed by atoms with van der Waals surface area (Å²) in [5.74, 6) is -0.499. The van der Waals surface area contributed by atoms with Gasteiger partial charge < -0.3 is 36.7 Å². The third-order valence-electron chi connectivity index (χ3n) is 8.21. The number of benzene rings is 1. The number of hydrogen-bond donors (Lipinski definition) is 9. The van der Waals surface area contributed by atoms with Crippen LogP contribution >= 0.6 is 0 Å². The molecule has 0 fully saturated rings. The minimum Gasteiger partial charge on any atom is -0.411 e. The number of oxime groups is 2.